The van der Waals surface area contributed by atoms with Crippen LogP contribution < -0.4 is 5.32 Å². The van der Waals surface area contributed by atoms with Crippen LogP contribution in [0.1, 0.15) is 5.56 Å². The van der Waals surface area contributed by atoms with Gasteiger partial charge in [0.25, 0.3) is 0 Å². The third-order valence-electron chi connectivity index (χ3n) is 3.32. The maximum atomic E-state index is 13.5. The molecule has 3 aromatic rings. The Morgan fingerprint density at radius 2 is 1.88 bits per heavy atom. The third-order valence-corrected chi connectivity index (χ3v) is 4.26. The number of benzene rings is 2. The molecule has 0 saturated carbocycles. The summed E-state index contributed by atoms with van der Waals surface area (Å²) in [6.07, 6.45) is 1.61. The predicted octanol–water partition coefficient (Wildman–Crippen LogP) is 2.81. The average Bonchev–Trinajstić information content (AvgIpc) is 3.08. The second kappa shape index (κ2) is 7.74. The number of nitrogens with one attached hydrogen (secondary N) is 1. The smallest absolute Gasteiger partial charge is 0.230 e. The Morgan fingerprint density at radius 3 is 2.67 bits per heavy atom. The van der Waals surface area contributed by atoms with Crippen molar-refractivity contribution < 1.29 is 9.18 Å². The van der Waals surface area contributed by atoms with Gasteiger partial charge in [0.05, 0.1) is 5.75 Å². The number of carbonyl (C=O) groups is 1. The van der Waals surface area contributed by atoms with Gasteiger partial charge in [0.2, 0.25) is 5.91 Å². The molecule has 5 nitrogen and oxygen atoms in total. The van der Waals surface area contributed by atoms with Gasteiger partial charge in [-0.25, -0.2) is 4.39 Å². The molecule has 1 aromatic heterocycles. The van der Waals surface area contributed by atoms with E-state index in [0.29, 0.717) is 10.7 Å². The van der Waals surface area contributed by atoms with Crippen molar-refractivity contribution in [2.24, 2.45) is 0 Å². The van der Waals surface area contributed by atoms with Crippen LogP contribution in [0.3, 0.4) is 0 Å². The molecule has 0 aliphatic rings. The number of aromatic nitrogens is 3. The SMILES string of the molecule is O=C(CSc1nncn1-c1ccccc1)NCc1ccccc1F. The molecule has 0 fully saturated rings. The number of amides is 1. The van der Waals surface area contributed by atoms with Crippen molar-refractivity contribution in [2.45, 2.75) is 11.7 Å². The number of carbonyl (C=O) groups excluding carboxylic acids is 1. The molecule has 1 heterocycles. The lowest BCUT2D eigenvalue weighted by atomic mass is 10.2. The number of hydrogen-bond acceptors (Lipinski definition) is 4. The lowest BCUT2D eigenvalue weighted by Crippen LogP contribution is -2.25. The Kier molecular flexibility index (Phi) is 5.22. The molecule has 0 saturated heterocycles. The van der Waals surface area contributed by atoms with Crippen LogP contribution in [0.2, 0.25) is 0 Å². The van der Waals surface area contributed by atoms with Crippen molar-refractivity contribution >= 4 is 17.7 Å². The van der Waals surface area contributed by atoms with Gasteiger partial charge >= 0.3 is 0 Å². The fourth-order valence-electron chi connectivity index (χ4n) is 2.11. The minimum atomic E-state index is -0.325. The molecule has 2 aromatic carbocycles. The van der Waals surface area contributed by atoms with Gasteiger partial charge < -0.3 is 5.32 Å². The molecule has 0 spiro atoms. The number of hydrogen-bond donors (Lipinski definition) is 1. The minimum absolute atomic E-state index is 0.164. The standard InChI is InChI=1S/C17H15FN4OS/c18-15-9-5-4-6-13(15)10-19-16(23)11-24-17-21-20-12-22(17)14-7-2-1-3-8-14/h1-9,12H,10-11H2,(H,19,23). The first kappa shape index (κ1) is 16.2. The first-order chi connectivity index (χ1) is 11.7. The summed E-state index contributed by atoms with van der Waals surface area (Å²) in [6.45, 7) is 0.164. The predicted molar refractivity (Wildman–Crippen MR) is 90.3 cm³/mol. The Hall–Kier alpha value is -2.67. The molecule has 0 aliphatic heterocycles. The van der Waals surface area contributed by atoms with E-state index in [-0.39, 0.29) is 24.0 Å². The minimum Gasteiger partial charge on any atom is -0.351 e. The summed E-state index contributed by atoms with van der Waals surface area (Å²) in [6, 6.07) is 16.0. The van der Waals surface area contributed by atoms with Crippen LogP contribution in [0.15, 0.2) is 66.1 Å². The fourth-order valence-corrected chi connectivity index (χ4v) is 2.86. The van der Waals surface area contributed by atoms with Crippen LogP contribution in [0.5, 0.6) is 0 Å². The molecule has 1 N–H and O–H groups in total. The molecule has 0 aliphatic carbocycles. The van der Waals surface area contributed by atoms with E-state index in [9.17, 15) is 9.18 Å². The Morgan fingerprint density at radius 1 is 1.12 bits per heavy atom. The second-order valence-corrected chi connectivity index (χ2v) is 5.92. The van der Waals surface area contributed by atoms with E-state index >= 15 is 0 Å². The summed E-state index contributed by atoms with van der Waals surface area (Å²) in [7, 11) is 0. The highest BCUT2D eigenvalue weighted by Crippen LogP contribution is 2.19. The van der Waals surface area contributed by atoms with Crippen molar-refractivity contribution in [2.75, 3.05) is 5.75 Å². The molecular weight excluding hydrogens is 327 g/mol. The van der Waals surface area contributed by atoms with Crippen molar-refractivity contribution in [1.29, 1.82) is 0 Å². The Labute approximate surface area is 142 Å². The van der Waals surface area contributed by atoms with Gasteiger partial charge in [0.1, 0.15) is 12.1 Å². The number of nitrogens with zero attached hydrogens (tertiary/aromatic N) is 3. The monoisotopic (exact) mass is 342 g/mol. The number of halogens is 1. The number of rotatable bonds is 6. The Balaban J connectivity index is 1.56. The summed E-state index contributed by atoms with van der Waals surface area (Å²) in [5.41, 5.74) is 1.39. The summed E-state index contributed by atoms with van der Waals surface area (Å²) in [4.78, 5) is 12.0. The first-order valence-electron chi connectivity index (χ1n) is 7.32. The second-order valence-electron chi connectivity index (χ2n) is 4.98. The highest BCUT2D eigenvalue weighted by Gasteiger charge is 2.10. The zero-order chi connectivity index (χ0) is 16.8. The van der Waals surface area contributed by atoms with Gasteiger partial charge in [0, 0.05) is 17.8 Å². The molecule has 0 unspecified atom stereocenters. The fraction of sp³-hybridized carbons (Fsp3) is 0.118. The molecule has 1 amide bonds. The van der Waals surface area contributed by atoms with Gasteiger partial charge in [-0.2, -0.15) is 0 Å². The molecule has 24 heavy (non-hydrogen) atoms. The lowest BCUT2D eigenvalue weighted by Gasteiger charge is -2.07. The number of thioether (sulfide) groups is 1. The number of para-hydroxylation sites is 1. The zero-order valence-electron chi connectivity index (χ0n) is 12.7. The van der Waals surface area contributed by atoms with Crippen molar-refractivity contribution in [3.05, 3.63) is 72.3 Å². The van der Waals surface area contributed by atoms with Gasteiger partial charge in [-0.1, -0.05) is 48.2 Å². The summed E-state index contributed by atoms with van der Waals surface area (Å²) in [5.74, 6) is -0.333. The molecule has 122 valence electrons. The average molecular weight is 342 g/mol. The largest absolute Gasteiger partial charge is 0.351 e. The van der Waals surface area contributed by atoms with Crippen LogP contribution in [0.4, 0.5) is 4.39 Å². The normalized spacial score (nSPS) is 10.5. The maximum absolute atomic E-state index is 13.5. The van der Waals surface area contributed by atoms with E-state index in [4.69, 9.17) is 0 Å². The molecule has 3 rings (SSSR count). The van der Waals surface area contributed by atoms with Crippen molar-refractivity contribution in [3.8, 4) is 5.69 Å². The summed E-state index contributed by atoms with van der Waals surface area (Å²) >= 11 is 1.28. The van der Waals surface area contributed by atoms with E-state index in [2.05, 4.69) is 15.5 Å². The van der Waals surface area contributed by atoms with E-state index in [0.717, 1.165) is 5.69 Å². The zero-order valence-corrected chi connectivity index (χ0v) is 13.5. The first-order valence-corrected chi connectivity index (χ1v) is 8.31. The molecule has 7 heteroatoms. The molecule has 0 bridgehead atoms. The van der Waals surface area contributed by atoms with Crippen molar-refractivity contribution in [1.82, 2.24) is 20.1 Å². The molecular formula is C17H15FN4OS. The van der Waals surface area contributed by atoms with Crippen LogP contribution >= 0.6 is 11.8 Å². The van der Waals surface area contributed by atoms with Crippen LogP contribution in [0.25, 0.3) is 5.69 Å². The van der Waals surface area contributed by atoms with Crippen LogP contribution in [-0.4, -0.2) is 26.4 Å². The van der Waals surface area contributed by atoms with E-state index in [1.54, 1.807) is 24.5 Å². The van der Waals surface area contributed by atoms with E-state index in [1.165, 1.54) is 17.8 Å². The quantitative estimate of drug-likeness (QED) is 0.700. The highest BCUT2D eigenvalue weighted by atomic mass is 32.2. The summed E-state index contributed by atoms with van der Waals surface area (Å²) in [5, 5.41) is 11.3. The third kappa shape index (κ3) is 3.99. The van der Waals surface area contributed by atoms with Crippen LogP contribution in [-0.2, 0) is 11.3 Å². The van der Waals surface area contributed by atoms with Gasteiger partial charge in [0.15, 0.2) is 5.16 Å². The van der Waals surface area contributed by atoms with Gasteiger partial charge in [-0.15, -0.1) is 10.2 Å². The maximum Gasteiger partial charge on any atom is 0.230 e. The van der Waals surface area contributed by atoms with Gasteiger partial charge in [-0.3, -0.25) is 9.36 Å². The lowest BCUT2D eigenvalue weighted by molar-refractivity contribution is -0.118. The van der Waals surface area contributed by atoms with E-state index in [1.807, 2.05) is 34.9 Å². The van der Waals surface area contributed by atoms with Crippen LogP contribution in [0, 0.1) is 5.82 Å². The molecule has 0 atom stereocenters. The molecule has 0 radical (unpaired) electrons. The Bertz CT molecular complexity index is 822. The highest BCUT2D eigenvalue weighted by molar-refractivity contribution is 7.99. The topological polar surface area (TPSA) is 59.8 Å². The van der Waals surface area contributed by atoms with Crippen molar-refractivity contribution in [3.63, 3.8) is 0 Å². The summed E-state index contributed by atoms with van der Waals surface area (Å²) < 4.78 is 15.3. The van der Waals surface area contributed by atoms with E-state index < -0.39 is 0 Å². The van der Waals surface area contributed by atoms with Gasteiger partial charge in [-0.05, 0) is 18.2 Å².